The topological polar surface area (TPSA) is 79.4 Å². The van der Waals surface area contributed by atoms with Crippen molar-refractivity contribution in [2.24, 2.45) is 5.10 Å². The van der Waals surface area contributed by atoms with Crippen LogP contribution in [0.1, 0.15) is 29.4 Å². The van der Waals surface area contributed by atoms with Gasteiger partial charge in [0, 0.05) is 16.1 Å². The molecule has 2 aromatic carbocycles. The van der Waals surface area contributed by atoms with Crippen molar-refractivity contribution in [1.82, 2.24) is 15.6 Å². The van der Waals surface area contributed by atoms with Gasteiger partial charge in [-0.3, -0.25) is 9.89 Å². The van der Waals surface area contributed by atoms with Crippen molar-refractivity contribution in [3.05, 3.63) is 69.8 Å². The molecule has 0 unspecified atom stereocenters. The molecule has 1 heterocycles. The molecule has 6 nitrogen and oxygen atoms in total. The standard InChI is InChI=1S/C20H18Cl2N4O2/c1-2-9-28-19-6-4-3-5-15(19)17-11-18(25-24-17)20(27)26-23-12-13-7-8-14(21)10-16(13)22/h3-8,10-12H,2,9H2,1H3,(H,24,25)(H,26,27)/b23-12+. The van der Waals surface area contributed by atoms with Crippen LogP contribution in [0, 0.1) is 0 Å². The van der Waals surface area contributed by atoms with Crippen LogP contribution in [0.15, 0.2) is 53.6 Å². The maximum atomic E-state index is 12.3. The Labute approximate surface area is 172 Å². The van der Waals surface area contributed by atoms with Crippen LogP contribution in [0.5, 0.6) is 5.75 Å². The van der Waals surface area contributed by atoms with Crippen LogP contribution in [0.4, 0.5) is 0 Å². The SMILES string of the molecule is CCCOc1ccccc1-c1cc(C(=O)N/N=C/c2ccc(Cl)cc2Cl)[nH]n1. The van der Waals surface area contributed by atoms with E-state index in [1.54, 1.807) is 24.3 Å². The van der Waals surface area contributed by atoms with Gasteiger partial charge in [0.1, 0.15) is 11.4 Å². The number of nitrogens with one attached hydrogen (secondary N) is 2. The number of carbonyl (C=O) groups is 1. The Morgan fingerprint density at radius 2 is 2.07 bits per heavy atom. The van der Waals surface area contributed by atoms with Crippen molar-refractivity contribution in [3.63, 3.8) is 0 Å². The van der Waals surface area contributed by atoms with Gasteiger partial charge in [-0.05, 0) is 36.8 Å². The second-order valence-electron chi connectivity index (χ2n) is 5.88. The van der Waals surface area contributed by atoms with Crippen LogP contribution >= 0.6 is 23.2 Å². The second-order valence-corrected chi connectivity index (χ2v) is 6.72. The number of aromatic amines is 1. The molecule has 0 aliphatic heterocycles. The Morgan fingerprint density at radius 3 is 2.86 bits per heavy atom. The van der Waals surface area contributed by atoms with E-state index in [1.165, 1.54) is 6.21 Å². The zero-order valence-corrected chi connectivity index (χ0v) is 16.6. The van der Waals surface area contributed by atoms with Gasteiger partial charge >= 0.3 is 0 Å². The van der Waals surface area contributed by atoms with E-state index in [2.05, 4.69) is 20.7 Å². The quantitative estimate of drug-likeness (QED) is 0.422. The predicted molar refractivity (Wildman–Crippen MR) is 111 cm³/mol. The van der Waals surface area contributed by atoms with Crippen molar-refractivity contribution in [3.8, 4) is 17.0 Å². The van der Waals surface area contributed by atoms with Gasteiger partial charge < -0.3 is 4.74 Å². The summed E-state index contributed by atoms with van der Waals surface area (Å²) >= 11 is 11.9. The minimum atomic E-state index is -0.424. The molecule has 0 saturated carbocycles. The zero-order valence-electron chi connectivity index (χ0n) is 15.1. The number of hydrogen-bond donors (Lipinski definition) is 2. The first kappa shape index (κ1) is 19.9. The van der Waals surface area contributed by atoms with Gasteiger partial charge in [-0.15, -0.1) is 0 Å². The summed E-state index contributed by atoms with van der Waals surface area (Å²) in [5.41, 5.74) is 4.78. The predicted octanol–water partition coefficient (Wildman–Crippen LogP) is 4.94. The number of halogens is 2. The number of ether oxygens (including phenoxy) is 1. The summed E-state index contributed by atoms with van der Waals surface area (Å²) in [6, 6.07) is 14.2. The van der Waals surface area contributed by atoms with Crippen molar-refractivity contribution in [1.29, 1.82) is 0 Å². The molecule has 3 rings (SSSR count). The van der Waals surface area contributed by atoms with E-state index in [0.29, 0.717) is 27.9 Å². The Kier molecular flexibility index (Phi) is 6.68. The van der Waals surface area contributed by atoms with Gasteiger partial charge in [-0.2, -0.15) is 10.2 Å². The highest BCUT2D eigenvalue weighted by atomic mass is 35.5. The molecule has 1 aromatic heterocycles. The highest BCUT2D eigenvalue weighted by Crippen LogP contribution is 2.28. The number of nitrogens with zero attached hydrogens (tertiary/aromatic N) is 2. The maximum absolute atomic E-state index is 12.3. The molecule has 0 atom stereocenters. The minimum Gasteiger partial charge on any atom is -0.493 e. The van der Waals surface area contributed by atoms with Crippen molar-refractivity contribution >= 4 is 35.3 Å². The fraction of sp³-hybridized carbons (Fsp3) is 0.150. The van der Waals surface area contributed by atoms with E-state index in [0.717, 1.165) is 17.7 Å². The Morgan fingerprint density at radius 1 is 1.25 bits per heavy atom. The molecule has 8 heteroatoms. The lowest BCUT2D eigenvalue weighted by atomic mass is 10.1. The number of rotatable bonds is 7. The summed E-state index contributed by atoms with van der Waals surface area (Å²) in [6.07, 6.45) is 2.35. The number of hydrazone groups is 1. The molecule has 144 valence electrons. The van der Waals surface area contributed by atoms with E-state index in [1.807, 2.05) is 31.2 Å². The minimum absolute atomic E-state index is 0.277. The summed E-state index contributed by atoms with van der Waals surface area (Å²) in [7, 11) is 0. The molecule has 0 aliphatic carbocycles. The monoisotopic (exact) mass is 416 g/mol. The molecule has 3 aromatic rings. The van der Waals surface area contributed by atoms with Gasteiger partial charge in [0.05, 0.1) is 23.5 Å². The van der Waals surface area contributed by atoms with Crippen LogP contribution < -0.4 is 10.2 Å². The first-order chi connectivity index (χ1) is 13.6. The molecule has 2 N–H and O–H groups in total. The van der Waals surface area contributed by atoms with Crippen LogP contribution in [0.2, 0.25) is 10.0 Å². The molecule has 0 spiro atoms. The molecular weight excluding hydrogens is 399 g/mol. The van der Waals surface area contributed by atoms with Gasteiger partial charge in [0.2, 0.25) is 0 Å². The van der Waals surface area contributed by atoms with E-state index in [-0.39, 0.29) is 5.69 Å². The van der Waals surface area contributed by atoms with Crippen molar-refractivity contribution in [2.45, 2.75) is 13.3 Å². The van der Waals surface area contributed by atoms with Gasteiger partial charge in [0.15, 0.2) is 0 Å². The number of aromatic nitrogens is 2. The fourth-order valence-corrected chi connectivity index (χ4v) is 2.88. The fourth-order valence-electron chi connectivity index (χ4n) is 2.42. The second kappa shape index (κ2) is 9.39. The third kappa shape index (κ3) is 4.91. The Bertz CT molecular complexity index is 1000. The molecule has 0 radical (unpaired) electrons. The Hall–Kier alpha value is -2.83. The third-order valence-electron chi connectivity index (χ3n) is 3.78. The first-order valence-corrected chi connectivity index (χ1v) is 9.40. The molecule has 0 saturated heterocycles. The summed E-state index contributed by atoms with van der Waals surface area (Å²) in [4.78, 5) is 12.3. The van der Waals surface area contributed by atoms with Crippen LogP contribution in [0.3, 0.4) is 0 Å². The van der Waals surface area contributed by atoms with Gasteiger partial charge in [0.25, 0.3) is 5.91 Å². The Balaban J connectivity index is 1.70. The summed E-state index contributed by atoms with van der Waals surface area (Å²) in [6.45, 7) is 2.65. The van der Waals surface area contributed by atoms with Crippen LogP contribution in [0.25, 0.3) is 11.3 Å². The molecule has 0 aliphatic rings. The van der Waals surface area contributed by atoms with E-state index < -0.39 is 5.91 Å². The van der Waals surface area contributed by atoms with E-state index >= 15 is 0 Å². The van der Waals surface area contributed by atoms with E-state index in [4.69, 9.17) is 27.9 Å². The average Bonchev–Trinajstić information content (AvgIpc) is 3.18. The van der Waals surface area contributed by atoms with Crippen molar-refractivity contribution in [2.75, 3.05) is 6.61 Å². The molecule has 28 heavy (non-hydrogen) atoms. The molecular formula is C20H18Cl2N4O2. The maximum Gasteiger partial charge on any atom is 0.289 e. The third-order valence-corrected chi connectivity index (χ3v) is 4.34. The van der Waals surface area contributed by atoms with Gasteiger partial charge in [-0.25, -0.2) is 5.43 Å². The van der Waals surface area contributed by atoms with Gasteiger partial charge in [-0.1, -0.05) is 48.3 Å². The van der Waals surface area contributed by atoms with Crippen LogP contribution in [-0.2, 0) is 0 Å². The summed E-state index contributed by atoms with van der Waals surface area (Å²) in [5, 5.41) is 11.8. The number of hydrogen-bond acceptors (Lipinski definition) is 4. The number of H-pyrrole nitrogens is 1. The number of amides is 1. The summed E-state index contributed by atoms with van der Waals surface area (Å²) in [5.74, 6) is 0.297. The molecule has 0 bridgehead atoms. The largest absolute Gasteiger partial charge is 0.493 e. The molecule has 1 amide bonds. The van der Waals surface area contributed by atoms with Crippen LogP contribution in [-0.4, -0.2) is 28.9 Å². The zero-order chi connectivity index (χ0) is 19.9. The molecule has 0 fully saturated rings. The first-order valence-electron chi connectivity index (χ1n) is 8.64. The highest BCUT2D eigenvalue weighted by molar-refractivity contribution is 6.36. The smallest absolute Gasteiger partial charge is 0.289 e. The lowest BCUT2D eigenvalue weighted by molar-refractivity contribution is 0.0950. The number of carbonyl (C=O) groups excluding carboxylic acids is 1. The number of para-hydroxylation sites is 1. The lowest BCUT2D eigenvalue weighted by Crippen LogP contribution is -2.18. The highest BCUT2D eigenvalue weighted by Gasteiger charge is 2.13. The summed E-state index contributed by atoms with van der Waals surface area (Å²) < 4.78 is 5.74. The average molecular weight is 417 g/mol. The van der Waals surface area contributed by atoms with Crippen molar-refractivity contribution < 1.29 is 9.53 Å². The van der Waals surface area contributed by atoms with E-state index in [9.17, 15) is 4.79 Å². The normalized spacial score (nSPS) is 11.0. The number of benzene rings is 2. The lowest BCUT2D eigenvalue weighted by Gasteiger charge is -2.08.